The SMILES string of the molecule is Cc1ccccc1Cn1c(C(C)Cl)nc2cccc(C)c21. The quantitative estimate of drug-likeness (QED) is 0.622. The van der Waals surface area contributed by atoms with Crippen LogP contribution in [0, 0.1) is 13.8 Å². The van der Waals surface area contributed by atoms with Crippen LogP contribution in [0.5, 0.6) is 0 Å². The fourth-order valence-electron chi connectivity index (χ4n) is 2.80. The Morgan fingerprint density at radius 2 is 1.76 bits per heavy atom. The number of para-hydroxylation sites is 1. The van der Waals surface area contributed by atoms with Crippen molar-refractivity contribution in [2.75, 3.05) is 0 Å². The van der Waals surface area contributed by atoms with E-state index < -0.39 is 0 Å². The smallest absolute Gasteiger partial charge is 0.128 e. The molecule has 0 aliphatic rings. The van der Waals surface area contributed by atoms with Crippen molar-refractivity contribution in [1.29, 1.82) is 0 Å². The molecule has 0 N–H and O–H groups in total. The Morgan fingerprint density at radius 1 is 1.05 bits per heavy atom. The van der Waals surface area contributed by atoms with E-state index in [2.05, 4.69) is 54.8 Å². The van der Waals surface area contributed by atoms with Crippen molar-refractivity contribution in [2.24, 2.45) is 0 Å². The van der Waals surface area contributed by atoms with Gasteiger partial charge in [0.05, 0.1) is 16.4 Å². The number of fused-ring (bicyclic) bond motifs is 1. The van der Waals surface area contributed by atoms with Gasteiger partial charge in [0.15, 0.2) is 0 Å². The summed E-state index contributed by atoms with van der Waals surface area (Å²) in [6.45, 7) is 7.05. The Labute approximate surface area is 130 Å². The summed E-state index contributed by atoms with van der Waals surface area (Å²) in [6, 6.07) is 14.7. The van der Waals surface area contributed by atoms with Crippen molar-refractivity contribution in [2.45, 2.75) is 32.7 Å². The minimum Gasteiger partial charge on any atom is -0.322 e. The van der Waals surface area contributed by atoms with Crippen LogP contribution >= 0.6 is 11.6 Å². The first-order valence-corrected chi connectivity index (χ1v) is 7.66. The van der Waals surface area contributed by atoms with Crippen LogP contribution < -0.4 is 0 Å². The number of alkyl halides is 1. The molecule has 1 aromatic heterocycles. The van der Waals surface area contributed by atoms with Crippen molar-refractivity contribution in [3.05, 3.63) is 65.0 Å². The molecular weight excluding hydrogens is 280 g/mol. The lowest BCUT2D eigenvalue weighted by molar-refractivity contribution is 0.738. The van der Waals surface area contributed by atoms with Gasteiger partial charge in [0.2, 0.25) is 0 Å². The van der Waals surface area contributed by atoms with E-state index in [0.29, 0.717) is 0 Å². The van der Waals surface area contributed by atoms with Gasteiger partial charge in [0.25, 0.3) is 0 Å². The van der Waals surface area contributed by atoms with Crippen molar-refractivity contribution < 1.29 is 0 Å². The number of rotatable bonds is 3. The van der Waals surface area contributed by atoms with E-state index in [4.69, 9.17) is 16.6 Å². The molecule has 0 aliphatic heterocycles. The largest absolute Gasteiger partial charge is 0.322 e. The molecule has 2 nitrogen and oxygen atoms in total. The van der Waals surface area contributed by atoms with E-state index in [9.17, 15) is 0 Å². The van der Waals surface area contributed by atoms with Gasteiger partial charge in [-0.1, -0.05) is 36.4 Å². The second kappa shape index (κ2) is 5.53. The van der Waals surface area contributed by atoms with Gasteiger partial charge in [0.1, 0.15) is 5.82 Å². The maximum absolute atomic E-state index is 6.35. The van der Waals surface area contributed by atoms with Gasteiger partial charge < -0.3 is 4.57 Å². The molecule has 3 aromatic rings. The minimum atomic E-state index is -0.110. The normalized spacial score (nSPS) is 12.8. The fraction of sp³-hybridized carbons (Fsp3) is 0.278. The predicted octanol–water partition coefficient (Wildman–Crippen LogP) is 5.00. The number of aromatic nitrogens is 2. The second-order valence-electron chi connectivity index (χ2n) is 5.54. The topological polar surface area (TPSA) is 17.8 Å². The third kappa shape index (κ3) is 2.56. The van der Waals surface area contributed by atoms with E-state index in [1.165, 1.54) is 22.2 Å². The number of halogens is 1. The lowest BCUT2D eigenvalue weighted by atomic mass is 10.1. The molecule has 0 saturated carbocycles. The summed E-state index contributed by atoms with van der Waals surface area (Å²) in [6.07, 6.45) is 0. The van der Waals surface area contributed by atoms with Crippen LogP contribution in [0.4, 0.5) is 0 Å². The Hall–Kier alpha value is -1.80. The summed E-state index contributed by atoms with van der Waals surface area (Å²) in [7, 11) is 0. The van der Waals surface area contributed by atoms with Gasteiger partial charge in [-0.2, -0.15) is 0 Å². The Balaban J connectivity index is 2.20. The lowest BCUT2D eigenvalue weighted by Crippen LogP contribution is -2.07. The predicted molar refractivity (Wildman–Crippen MR) is 89.0 cm³/mol. The molecule has 3 rings (SSSR count). The zero-order chi connectivity index (χ0) is 15.0. The number of hydrogen-bond donors (Lipinski definition) is 0. The molecule has 0 radical (unpaired) electrons. The summed E-state index contributed by atoms with van der Waals surface area (Å²) in [5.74, 6) is 0.934. The van der Waals surface area contributed by atoms with Crippen LogP contribution in [0.3, 0.4) is 0 Å². The second-order valence-corrected chi connectivity index (χ2v) is 6.20. The zero-order valence-electron chi connectivity index (χ0n) is 12.6. The first-order valence-electron chi connectivity index (χ1n) is 7.22. The highest BCUT2D eigenvalue weighted by Crippen LogP contribution is 2.27. The monoisotopic (exact) mass is 298 g/mol. The molecule has 0 saturated heterocycles. The molecule has 1 atom stereocenters. The highest BCUT2D eigenvalue weighted by atomic mass is 35.5. The van der Waals surface area contributed by atoms with Crippen LogP contribution in [0.15, 0.2) is 42.5 Å². The third-order valence-corrected chi connectivity index (χ3v) is 4.14. The molecule has 1 heterocycles. The molecule has 3 heteroatoms. The Bertz CT molecular complexity index is 787. The van der Waals surface area contributed by atoms with Crippen LogP contribution in [0.1, 0.15) is 34.8 Å². The van der Waals surface area contributed by atoms with Gasteiger partial charge in [-0.25, -0.2) is 4.98 Å². The van der Waals surface area contributed by atoms with Gasteiger partial charge in [-0.3, -0.25) is 0 Å². The highest BCUT2D eigenvalue weighted by molar-refractivity contribution is 6.20. The molecule has 0 amide bonds. The number of hydrogen-bond acceptors (Lipinski definition) is 1. The van der Waals surface area contributed by atoms with Crippen LogP contribution in [0.2, 0.25) is 0 Å². The zero-order valence-corrected chi connectivity index (χ0v) is 13.4. The van der Waals surface area contributed by atoms with E-state index in [0.717, 1.165) is 17.9 Å². The number of nitrogens with zero attached hydrogens (tertiary/aromatic N) is 2. The first kappa shape index (κ1) is 14.2. The number of aryl methyl sites for hydroxylation is 2. The van der Waals surface area contributed by atoms with Crippen molar-refractivity contribution in [3.63, 3.8) is 0 Å². The van der Waals surface area contributed by atoms with Crippen LogP contribution in [-0.2, 0) is 6.54 Å². The summed E-state index contributed by atoms with van der Waals surface area (Å²) < 4.78 is 2.25. The summed E-state index contributed by atoms with van der Waals surface area (Å²) >= 11 is 6.35. The standard InChI is InChI=1S/C18H19ClN2/c1-12-7-4-5-9-15(12)11-21-17-13(2)8-6-10-16(17)20-18(21)14(3)19/h4-10,14H,11H2,1-3H3. The summed E-state index contributed by atoms with van der Waals surface area (Å²) in [4.78, 5) is 4.73. The van der Waals surface area contributed by atoms with Gasteiger partial charge in [0, 0.05) is 6.54 Å². The Kier molecular flexibility index (Phi) is 3.73. The van der Waals surface area contributed by atoms with Crippen LogP contribution in [0.25, 0.3) is 11.0 Å². The average molecular weight is 299 g/mol. The van der Waals surface area contributed by atoms with Crippen LogP contribution in [-0.4, -0.2) is 9.55 Å². The minimum absolute atomic E-state index is 0.110. The van der Waals surface area contributed by atoms with Gasteiger partial charge in [-0.05, 0) is 43.5 Å². The molecule has 0 bridgehead atoms. The Morgan fingerprint density at radius 3 is 2.48 bits per heavy atom. The average Bonchev–Trinajstić information content (AvgIpc) is 2.82. The molecule has 2 aromatic carbocycles. The summed E-state index contributed by atoms with van der Waals surface area (Å²) in [5, 5.41) is -0.110. The highest BCUT2D eigenvalue weighted by Gasteiger charge is 2.16. The molecule has 21 heavy (non-hydrogen) atoms. The summed E-state index contributed by atoms with van der Waals surface area (Å²) in [5.41, 5.74) is 6.03. The third-order valence-electron chi connectivity index (χ3n) is 3.94. The maximum atomic E-state index is 6.35. The maximum Gasteiger partial charge on any atom is 0.128 e. The van der Waals surface area contributed by atoms with E-state index in [1.807, 2.05) is 13.0 Å². The molecule has 0 fully saturated rings. The van der Waals surface area contributed by atoms with Gasteiger partial charge >= 0.3 is 0 Å². The van der Waals surface area contributed by atoms with Crippen molar-refractivity contribution >= 4 is 22.6 Å². The van der Waals surface area contributed by atoms with Gasteiger partial charge in [-0.15, -0.1) is 11.6 Å². The number of benzene rings is 2. The fourth-order valence-corrected chi connectivity index (χ4v) is 2.97. The number of imidazole rings is 1. The first-order chi connectivity index (χ1) is 10.1. The van der Waals surface area contributed by atoms with E-state index >= 15 is 0 Å². The van der Waals surface area contributed by atoms with Crippen molar-refractivity contribution in [1.82, 2.24) is 9.55 Å². The lowest BCUT2D eigenvalue weighted by Gasteiger charge is -2.13. The molecule has 0 aliphatic carbocycles. The van der Waals surface area contributed by atoms with E-state index in [-0.39, 0.29) is 5.38 Å². The molecule has 1 unspecified atom stereocenters. The van der Waals surface area contributed by atoms with Crippen molar-refractivity contribution in [3.8, 4) is 0 Å². The molecule has 108 valence electrons. The molecular formula is C18H19ClN2. The molecule has 0 spiro atoms. The van der Waals surface area contributed by atoms with E-state index in [1.54, 1.807) is 0 Å².